The number of hydrogen-bond donors (Lipinski definition) is 1. The maximum Gasteiger partial charge on any atom is 0.225 e. The number of carbonyl (C=O) groups excluding carboxylic acids is 1. The molecule has 3 aromatic rings. The number of thiophene rings is 1. The fourth-order valence-corrected chi connectivity index (χ4v) is 2.74. The highest BCUT2D eigenvalue weighted by molar-refractivity contribution is 7.10. The maximum atomic E-state index is 11.9. The minimum Gasteiger partial charge on any atom is -0.348 e. The van der Waals surface area contributed by atoms with E-state index in [0.29, 0.717) is 17.3 Å². The minimum atomic E-state index is -0.0619. The highest BCUT2D eigenvalue weighted by atomic mass is 35.5. The van der Waals surface area contributed by atoms with Crippen molar-refractivity contribution in [2.45, 2.75) is 13.0 Å². The van der Waals surface area contributed by atoms with Gasteiger partial charge in [-0.3, -0.25) is 4.79 Å². The second-order valence-corrected chi connectivity index (χ2v) is 5.98. The third-order valence-corrected chi connectivity index (χ3v) is 4.09. The Kier molecular flexibility index (Phi) is 4.45. The molecule has 0 fully saturated rings. The van der Waals surface area contributed by atoms with E-state index in [2.05, 4.69) is 20.8 Å². The lowest BCUT2D eigenvalue weighted by Crippen LogP contribution is -2.26. The van der Waals surface area contributed by atoms with E-state index >= 15 is 0 Å². The summed E-state index contributed by atoms with van der Waals surface area (Å²) in [5.74, 6) is 0.495. The summed E-state index contributed by atoms with van der Waals surface area (Å²) in [6.45, 7) is 0.264. The molecule has 3 rings (SSSR count). The topological polar surface area (TPSA) is 72.7 Å². The molecule has 2 aromatic heterocycles. The number of benzene rings is 1. The van der Waals surface area contributed by atoms with Crippen molar-refractivity contribution in [1.82, 2.24) is 25.5 Å². The molecule has 0 atom stereocenters. The van der Waals surface area contributed by atoms with Crippen molar-refractivity contribution >= 4 is 28.8 Å². The Morgan fingerprint density at radius 3 is 2.82 bits per heavy atom. The lowest BCUT2D eigenvalue weighted by Gasteiger charge is -2.06. The number of halogens is 1. The Hall–Kier alpha value is -2.25. The summed E-state index contributed by atoms with van der Waals surface area (Å²) in [5, 5.41) is 16.9. The average Bonchev–Trinajstić information content (AvgIpc) is 3.17. The predicted molar refractivity (Wildman–Crippen MR) is 84.0 cm³/mol. The Balaban J connectivity index is 1.65. The second-order valence-electron chi connectivity index (χ2n) is 4.52. The van der Waals surface area contributed by atoms with Crippen molar-refractivity contribution in [3.63, 3.8) is 0 Å². The minimum absolute atomic E-state index is 0.0619. The SMILES string of the molecule is O=C(Cc1cccs1)NCc1nnnn1-c1ccc(Cl)cc1. The molecule has 2 heterocycles. The van der Waals surface area contributed by atoms with E-state index < -0.39 is 0 Å². The Morgan fingerprint density at radius 2 is 2.09 bits per heavy atom. The van der Waals surface area contributed by atoms with Gasteiger partial charge in [0.1, 0.15) is 0 Å². The van der Waals surface area contributed by atoms with Crippen molar-refractivity contribution in [2.24, 2.45) is 0 Å². The van der Waals surface area contributed by atoms with E-state index in [1.807, 2.05) is 29.6 Å². The molecule has 8 heteroatoms. The number of carbonyl (C=O) groups is 1. The first-order valence-corrected chi connectivity index (χ1v) is 7.80. The van der Waals surface area contributed by atoms with Crippen LogP contribution in [0.5, 0.6) is 0 Å². The van der Waals surface area contributed by atoms with Crippen LogP contribution in [0.4, 0.5) is 0 Å². The number of amides is 1. The molecule has 0 aliphatic carbocycles. The van der Waals surface area contributed by atoms with Crippen LogP contribution < -0.4 is 5.32 Å². The van der Waals surface area contributed by atoms with Crippen LogP contribution in [0.1, 0.15) is 10.7 Å². The van der Waals surface area contributed by atoms with Crippen molar-refractivity contribution in [1.29, 1.82) is 0 Å². The van der Waals surface area contributed by atoms with Crippen molar-refractivity contribution < 1.29 is 4.79 Å². The van der Waals surface area contributed by atoms with Gasteiger partial charge in [0, 0.05) is 9.90 Å². The van der Waals surface area contributed by atoms with Gasteiger partial charge in [-0.15, -0.1) is 16.4 Å². The molecule has 0 saturated carbocycles. The molecule has 0 aliphatic heterocycles. The monoisotopic (exact) mass is 333 g/mol. The molecule has 1 aromatic carbocycles. The highest BCUT2D eigenvalue weighted by Crippen LogP contribution is 2.13. The molecule has 6 nitrogen and oxygen atoms in total. The van der Waals surface area contributed by atoms with E-state index in [0.717, 1.165) is 10.6 Å². The van der Waals surface area contributed by atoms with Crippen LogP contribution in [0.2, 0.25) is 5.02 Å². The van der Waals surface area contributed by atoms with Crippen molar-refractivity contribution in [3.05, 3.63) is 57.5 Å². The van der Waals surface area contributed by atoms with Gasteiger partial charge in [0.2, 0.25) is 5.91 Å². The lowest BCUT2D eigenvalue weighted by molar-refractivity contribution is -0.120. The summed E-state index contributed by atoms with van der Waals surface area (Å²) in [4.78, 5) is 12.9. The summed E-state index contributed by atoms with van der Waals surface area (Å²) in [6, 6.07) is 11.0. The van der Waals surface area contributed by atoms with Crippen molar-refractivity contribution in [3.8, 4) is 5.69 Å². The first kappa shape index (κ1) is 14.7. The standard InChI is InChI=1S/C14H12ClN5OS/c15-10-3-5-11(6-4-10)20-13(17-18-19-20)9-16-14(21)8-12-2-1-7-22-12/h1-7H,8-9H2,(H,16,21). The summed E-state index contributed by atoms with van der Waals surface area (Å²) in [7, 11) is 0. The fraction of sp³-hybridized carbons (Fsp3) is 0.143. The summed E-state index contributed by atoms with van der Waals surface area (Å²) >= 11 is 7.42. The van der Waals surface area contributed by atoms with Gasteiger partial charge < -0.3 is 5.32 Å². The number of rotatable bonds is 5. The van der Waals surface area contributed by atoms with Crippen LogP contribution in [0.15, 0.2) is 41.8 Å². The smallest absolute Gasteiger partial charge is 0.225 e. The molecule has 0 spiro atoms. The van der Waals surface area contributed by atoms with Gasteiger partial charge in [-0.05, 0) is 46.1 Å². The molecule has 0 unspecified atom stereocenters. The van der Waals surface area contributed by atoms with Gasteiger partial charge in [-0.25, -0.2) is 0 Å². The Labute approximate surface area is 135 Å². The van der Waals surface area contributed by atoms with Gasteiger partial charge >= 0.3 is 0 Å². The van der Waals surface area contributed by atoms with E-state index in [1.165, 1.54) is 0 Å². The molecular formula is C14H12ClN5OS. The first-order chi connectivity index (χ1) is 10.7. The molecule has 0 aliphatic rings. The quantitative estimate of drug-likeness (QED) is 0.777. The van der Waals surface area contributed by atoms with E-state index in [9.17, 15) is 4.79 Å². The molecule has 0 radical (unpaired) electrons. The molecule has 22 heavy (non-hydrogen) atoms. The largest absolute Gasteiger partial charge is 0.348 e. The van der Waals surface area contributed by atoms with Crippen LogP contribution in [-0.4, -0.2) is 26.1 Å². The predicted octanol–water partition coefficient (Wildman–Crippen LogP) is 2.24. The fourth-order valence-electron chi connectivity index (χ4n) is 1.91. The number of hydrogen-bond acceptors (Lipinski definition) is 5. The second kappa shape index (κ2) is 6.67. The van der Waals surface area contributed by atoms with Gasteiger partial charge in [0.15, 0.2) is 5.82 Å². The Morgan fingerprint density at radius 1 is 1.27 bits per heavy atom. The lowest BCUT2D eigenvalue weighted by atomic mass is 10.3. The van der Waals surface area contributed by atoms with Gasteiger partial charge in [-0.1, -0.05) is 17.7 Å². The number of nitrogens with one attached hydrogen (secondary N) is 1. The van der Waals surface area contributed by atoms with Crippen molar-refractivity contribution in [2.75, 3.05) is 0 Å². The maximum absolute atomic E-state index is 11.9. The average molecular weight is 334 g/mol. The highest BCUT2D eigenvalue weighted by Gasteiger charge is 2.10. The molecule has 0 bridgehead atoms. The summed E-state index contributed by atoms with van der Waals surface area (Å²) in [5.41, 5.74) is 0.789. The molecule has 1 N–H and O–H groups in total. The Bertz CT molecular complexity index is 754. The third-order valence-electron chi connectivity index (χ3n) is 2.96. The zero-order valence-electron chi connectivity index (χ0n) is 11.4. The zero-order valence-corrected chi connectivity index (χ0v) is 13.0. The van der Waals surface area contributed by atoms with Crippen LogP contribution in [-0.2, 0) is 17.8 Å². The summed E-state index contributed by atoms with van der Waals surface area (Å²) in [6.07, 6.45) is 0.361. The molecular weight excluding hydrogens is 322 g/mol. The van der Waals surface area contributed by atoms with E-state index in [4.69, 9.17) is 11.6 Å². The number of aromatic nitrogens is 4. The number of tetrazole rings is 1. The van der Waals surface area contributed by atoms with Crippen LogP contribution >= 0.6 is 22.9 Å². The third kappa shape index (κ3) is 3.49. The summed E-state index contributed by atoms with van der Waals surface area (Å²) < 4.78 is 1.57. The molecule has 1 amide bonds. The van der Waals surface area contributed by atoms with Crippen LogP contribution in [0.3, 0.4) is 0 Å². The first-order valence-electron chi connectivity index (χ1n) is 6.54. The van der Waals surface area contributed by atoms with E-state index in [1.54, 1.807) is 28.2 Å². The van der Waals surface area contributed by atoms with Crippen LogP contribution in [0, 0.1) is 0 Å². The zero-order chi connectivity index (χ0) is 15.4. The normalized spacial score (nSPS) is 10.6. The van der Waals surface area contributed by atoms with E-state index in [-0.39, 0.29) is 12.5 Å². The number of nitrogens with zero attached hydrogens (tertiary/aromatic N) is 4. The molecule has 0 saturated heterocycles. The van der Waals surface area contributed by atoms with Crippen LogP contribution in [0.25, 0.3) is 5.69 Å². The van der Waals surface area contributed by atoms with Gasteiger partial charge in [0.05, 0.1) is 18.7 Å². The van der Waals surface area contributed by atoms with Gasteiger partial charge in [0.25, 0.3) is 0 Å². The van der Waals surface area contributed by atoms with Gasteiger partial charge in [-0.2, -0.15) is 4.68 Å². The molecule has 112 valence electrons.